The molecular weight excluding hydrogens is 331 g/mol. The maximum absolute atomic E-state index is 4.10. The Hall–Kier alpha value is -0.150. The van der Waals surface area contributed by atoms with Crippen molar-refractivity contribution in [2.45, 2.75) is 19.8 Å². The molecule has 0 N–H and O–H groups in total. The second kappa shape index (κ2) is 4.58. The van der Waals surface area contributed by atoms with Crippen molar-refractivity contribution in [3.8, 4) is 9.88 Å². The summed E-state index contributed by atoms with van der Waals surface area (Å²) < 4.78 is 4.91. The van der Waals surface area contributed by atoms with E-state index in [-0.39, 0.29) is 0 Å². The summed E-state index contributed by atoms with van der Waals surface area (Å²) in [5, 5.41) is 13.1. The normalized spacial score (nSPS) is 10.7. The zero-order valence-corrected chi connectivity index (χ0v) is 11.2. The van der Waals surface area contributed by atoms with E-state index in [9.17, 15) is 0 Å². The van der Waals surface area contributed by atoms with E-state index in [1.807, 2.05) is 0 Å². The third-order valence-electron chi connectivity index (χ3n) is 1.64. The Balaban J connectivity index is 2.36. The van der Waals surface area contributed by atoms with Gasteiger partial charge in [-0.1, -0.05) is 29.2 Å². The van der Waals surface area contributed by atoms with Crippen molar-refractivity contribution in [1.29, 1.82) is 0 Å². The molecule has 2 heterocycles. The molecule has 0 amide bonds. The van der Waals surface area contributed by atoms with Crippen molar-refractivity contribution in [3.63, 3.8) is 0 Å². The summed E-state index contributed by atoms with van der Waals surface area (Å²) >= 11 is 5.15. The maximum Gasteiger partial charge on any atom is 0.178 e. The second-order valence-electron chi connectivity index (χ2n) is 2.66. The van der Waals surface area contributed by atoms with E-state index < -0.39 is 0 Å². The van der Waals surface area contributed by atoms with Crippen LogP contribution in [0.15, 0.2) is 0 Å². The highest BCUT2D eigenvalue weighted by Gasteiger charge is 2.13. The topological polar surface area (TPSA) is 51.6 Å². The summed E-state index contributed by atoms with van der Waals surface area (Å²) in [7, 11) is 0. The van der Waals surface area contributed by atoms with Gasteiger partial charge in [-0.05, 0) is 40.5 Å². The molecule has 0 fully saturated rings. The minimum absolute atomic E-state index is 0.938. The van der Waals surface area contributed by atoms with E-state index in [2.05, 4.69) is 49.3 Å². The molecule has 2 rings (SSSR count). The highest BCUT2D eigenvalue weighted by atomic mass is 127. The van der Waals surface area contributed by atoms with E-state index in [4.69, 9.17) is 0 Å². The molecule has 0 aliphatic heterocycles. The SMILES string of the molecule is CCCc1nnsc1-c1nnc(I)s1. The van der Waals surface area contributed by atoms with Crippen LogP contribution in [-0.4, -0.2) is 19.8 Å². The molecule has 2 aromatic rings. The quantitative estimate of drug-likeness (QED) is 0.808. The average Bonchev–Trinajstić information content (AvgIpc) is 2.74. The number of rotatable bonds is 3. The van der Waals surface area contributed by atoms with E-state index in [1.165, 1.54) is 11.5 Å². The molecule has 2 aromatic heterocycles. The highest BCUT2D eigenvalue weighted by molar-refractivity contribution is 14.1. The lowest BCUT2D eigenvalue weighted by Gasteiger charge is -1.92. The van der Waals surface area contributed by atoms with Gasteiger partial charge in [0.1, 0.15) is 4.88 Å². The highest BCUT2D eigenvalue weighted by Crippen LogP contribution is 2.29. The van der Waals surface area contributed by atoms with Gasteiger partial charge in [0.25, 0.3) is 0 Å². The van der Waals surface area contributed by atoms with Crippen molar-refractivity contribution in [2.24, 2.45) is 0 Å². The van der Waals surface area contributed by atoms with Crippen LogP contribution in [0.1, 0.15) is 19.0 Å². The third-order valence-corrected chi connectivity index (χ3v) is 4.15. The minimum Gasteiger partial charge on any atom is -0.142 e. The molecule has 0 aromatic carbocycles. The molecule has 0 saturated heterocycles. The first kappa shape index (κ1) is 10.4. The molecule has 74 valence electrons. The Morgan fingerprint density at radius 3 is 2.79 bits per heavy atom. The largest absolute Gasteiger partial charge is 0.178 e. The molecule has 0 aliphatic carbocycles. The van der Waals surface area contributed by atoms with Crippen LogP contribution in [0.3, 0.4) is 0 Å². The molecular formula is C7H7IN4S2. The van der Waals surface area contributed by atoms with Gasteiger partial charge in [-0.15, -0.1) is 15.3 Å². The zero-order chi connectivity index (χ0) is 9.97. The molecule has 0 aliphatic rings. The molecule has 0 radical (unpaired) electrons. The summed E-state index contributed by atoms with van der Waals surface area (Å²) in [6.07, 6.45) is 2.04. The van der Waals surface area contributed by atoms with Crippen molar-refractivity contribution in [1.82, 2.24) is 19.8 Å². The number of nitrogens with zero attached hydrogens (tertiary/aromatic N) is 4. The Morgan fingerprint density at radius 1 is 1.29 bits per heavy atom. The molecule has 14 heavy (non-hydrogen) atoms. The van der Waals surface area contributed by atoms with Gasteiger partial charge < -0.3 is 0 Å². The lowest BCUT2D eigenvalue weighted by Crippen LogP contribution is -1.86. The van der Waals surface area contributed by atoms with Crippen molar-refractivity contribution < 1.29 is 0 Å². The Bertz CT molecular complexity index is 425. The second-order valence-corrected chi connectivity index (χ2v) is 6.14. The zero-order valence-electron chi connectivity index (χ0n) is 7.40. The first-order valence-electron chi connectivity index (χ1n) is 4.12. The lowest BCUT2D eigenvalue weighted by molar-refractivity contribution is 0.870. The van der Waals surface area contributed by atoms with Crippen LogP contribution in [-0.2, 0) is 6.42 Å². The van der Waals surface area contributed by atoms with Crippen LogP contribution < -0.4 is 0 Å². The van der Waals surface area contributed by atoms with Crippen molar-refractivity contribution in [2.75, 3.05) is 0 Å². The number of halogens is 1. The standard InChI is InChI=1S/C7H7IN4S2/c1-2-3-4-5(14-12-9-4)6-10-11-7(8)13-6/h2-3H2,1H3. The van der Waals surface area contributed by atoms with Crippen molar-refractivity contribution >= 4 is 45.5 Å². The third kappa shape index (κ3) is 2.09. The van der Waals surface area contributed by atoms with Crippen LogP contribution in [0.2, 0.25) is 0 Å². The summed E-state index contributed by atoms with van der Waals surface area (Å²) in [5.41, 5.74) is 1.05. The fraction of sp³-hybridized carbons (Fsp3) is 0.429. The van der Waals surface area contributed by atoms with Gasteiger partial charge in [-0.25, -0.2) is 0 Å². The van der Waals surface area contributed by atoms with Crippen LogP contribution in [0.25, 0.3) is 9.88 Å². The van der Waals surface area contributed by atoms with Gasteiger partial charge in [-0.3, -0.25) is 0 Å². The van der Waals surface area contributed by atoms with Gasteiger partial charge in [0, 0.05) is 0 Å². The number of aromatic nitrogens is 4. The monoisotopic (exact) mass is 338 g/mol. The van der Waals surface area contributed by atoms with Crippen LogP contribution in [0.4, 0.5) is 0 Å². The first-order valence-corrected chi connectivity index (χ1v) is 6.78. The van der Waals surface area contributed by atoms with Gasteiger partial charge >= 0.3 is 0 Å². The fourth-order valence-corrected chi connectivity index (χ4v) is 3.16. The number of hydrogen-bond donors (Lipinski definition) is 0. The number of hydrogen-bond acceptors (Lipinski definition) is 6. The summed E-state index contributed by atoms with van der Waals surface area (Å²) in [6, 6.07) is 0. The summed E-state index contributed by atoms with van der Waals surface area (Å²) in [4.78, 5) is 1.08. The van der Waals surface area contributed by atoms with E-state index >= 15 is 0 Å². The molecule has 7 heteroatoms. The van der Waals surface area contributed by atoms with Crippen molar-refractivity contribution in [3.05, 3.63) is 8.71 Å². The van der Waals surface area contributed by atoms with E-state index in [0.29, 0.717) is 0 Å². The van der Waals surface area contributed by atoms with E-state index in [1.54, 1.807) is 11.3 Å². The van der Waals surface area contributed by atoms with Crippen LogP contribution in [0.5, 0.6) is 0 Å². The van der Waals surface area contributed by atoms with Crippen LogP contribution in [0, 0.1) is 3.01 Å². The first-order chi connectivity index (χ1) is 6.81. The lowest BCUT2D eigenvalue weighted by atomic mass is 10.2. The smallest absolute Gasteiger partial charge is 0.142 e. The predicted molar refractivity (Wildman–Crippen MR) is 65.5 cm³/mol. The van der Waals surface area contributed by atoms with Gasteiger partial charge in [0.2, 0.25) is 0 Å². The molecule has 0 spiro atoms. The molecule has 4 nitrogen and oxygen atoms in total. The molecule has 0 saturated carbocycles. The minimum atomic E-state index is 0.938. The van der Waals surface area contributed by atoms with Gasteiger partial charge in [0.05, 0.1) is 5.69 Å². The van der Waals surface area contributed by atoms with E-state index in [0.717, 1.165) is 31.4 Å². The average molecular weight is 338 g/mol. The van der Waals surface area contributed by atoms with Gasteiger partial charge in [0.15, 0.2) is 8.02 Å². The van der Waals surface area contributed by atoms with Crippen LogP contribution >= 0.6 is 45.5 Å². The fourth-order valence-electron chi connectivity index (χ4n) is 1.07. The summed E-state index contributed by atoms with van der Waals surface area (Å²) in [5.74, 6) is 0. The Labute approximate surface area is 103 Å². The Morgan fingerprint density at radius 2 is 2.14 bits per heavy atom. The summed E-state index contributed by atoms with van der Waals surface area (Å²) in [6.45, 7) is 2.13. The molecule has 0 unspecified atom stereocenters. The van der Waals surface area contributed by atoms with Gasteiger partial charge in [-0.2, -0.15) is 0 Å². The Kier molecular flexibility index (Phi) is 3.39. The predicted octanol–water partition coefficient (Wildman–Crippen LogP) is 2.61. The molecule has 0 bridgehead atoms. The molecule has 0 atom stereocenters. The maximum atomic E-state index is 4.10. The number of aryl methyl sites for hydroxylation is 1.